The Balaban J connectivity index is 2.16. The molecule has 0 amide bonds. The van der Waals surface area contributed by atoms with Gasteiger partial charge in [0.2, 0.25) is 0 Å². The summed E-state index contributed by atoms with van der Waals surface area (Å²) < 4.78 is 2.07. The Morgan fingerprint density at radius 1 is 1.11 bits per heavy atom. The minimum Gasteiger partial charge on any atom is -0.399 e. The van der Waals surface area contributed by atoms with Crippen LogP contribution in [0.5, 0.6) is 0 Å². The second-order valence-corrected chi connectivity index (χ2v) is 4.78. The Hall–Kier alpha value is -2.49. The lowest BCUT2D eigenvalue weighted by molar-refractivity contribution is 1.07. The van der Waals surface area contributed by atoms with Crippen molar-refractivity contribution < 1.29 is 0 Å². The predicted octanol–water partition coefficient (Wildman–Crippen LogP) is 2.67. The van der Waals surface area contributed by atoms with Gasteiger partial charge in [-0.1, -0.05) is 6.07 Å². The van der Waals surface area contributed by atoms with E-state index in [-0.39, 0.29) is 0 Å². The van der Waals surface area contributed by atoms with Gasteiger partial charge in [-0.15, -0.1) is 0 Å². The molecule has 0 spiro atoms. The van der Waals surface area contributed by atoms with Gasteiger partial charge in [0, 0.05) is 31.2 Å². The van der Waals surface area contributed by atoms with E-state index < -0.39 is 0 Å². The molecule has 19 heavy (non-hydrogen) atoms. The molecule has 0 fully saturated rings. The SMILES string of the molecule is CN(C)c1cccc(-n2cnc3cc(N)ccc32)c1. The molecule has 3 rings (SSSR count). The average Bonchev–Trinajstić information content (AvgIpc) is 2.81. The van der Waals surface area contributed by atoms with Crippen molar-refractivity contribution in [2.24, 2.45) is 0 Å². The number of nitrogens with two attached hydrogens (primary N) is 1. The van der Waals surface area contributed by atoms with Gasteiger partial charge in [-0.2, -0.15) is 0 Å². The van der Waals surface area contributed by atoms with Crippen LogP contribution in [0.15, 0.2) is 48.8 Å². The highest BCUT2D eigenvalue weighted by Gasteiger charge is 2.06. The number of aromatic nitrogens is 2. The van der Waals surface area contributed by atoms with Crippen LogP contribution in [-0.2, 0) is 0 Å². The standard InChI is InChI=1S/C15H16N4/c1-18(2)12-4-3-5-13(9-12)19-10-17-14-8-11(16)6-7-15(14)19/h3-10H,16H2,1-2H3. The first kappa shape index (κ1) is 11.6. The number of nitrogen functional groups attached to an aromatic ring is 1. The number of fused-ring (bicyclic) bond motifs is 1. The molecule has 4 nitrogen and oxygen atoms in total. The minimum atomic E-state index is 0.736. The maximum absolute atomic E-state index is 5.78. The normalized spacial score (nSPS) is 10.8. The highest BCUT2D eigenvalue weighted by molar-refractivity contribution is 5.80. The van der Waals surface area contributed by atoms with Gasteiger partial charge in [-0.05, 0) is 36.4 Å². The molecular weight excluding hydrogens is 236 g/mol. The third-order valence-corrected chi connectivity index (χ3v) is 3.20. The van der Waals surface area contributed by atoms with Gasteiger partial charge in [0.05, 0.1) is 11.0 Å². The lowest BCUT2D eigenvalue weighted by Gasteiger charge is -2.14. The predicted molar refractivity (Wildman–Crippen MR) is 79.8 cm³/mol. The van der Waals surface area contributed by atoms with Crippen molar-refractivity contribution in [1.29, 1.82) is 0 Å². The molecular formula is C15H16N4. The van der Waals surface area contributed by atoms with Gasteiger partial charge >= 0.3 is 0 Å². The summed E-state index contributed by atoms with van der Waals surface area (Å²) in [7, 11) is 4.07. The molecule has 0 aliphatic heterocycles. The summed E-state index contributed by atoms with van der Waals surface area (Å²) in [4.78, 5) is 6.48. The van der Waals surface area contributed by atoms with E-state index in [0.29, 0.717) is 0 Å². The maximum atomic E-state index is 5.78. The Kier molecular flexibility index (Phi) is 2.63. The smallest absolute Gasteiger partial charge is 0.100 e. The summed E-state index contributed by atoms with van der Waals surface area (Å²) in [5.41, 5.74) is 10.7. The van der Waals surface area contributed by atoms with Crippen LogP contribution in [0.2, 0.25) is 0 Å². The van der Waals surface area contributed by atoms with E-state index in [1.807, 2.05) is 44.7 Å². The molecule has 0 unspecified atom stereocenters. The van der Waals surface area contributed by atoms with Crippen molar-refractivity contribution in [2.75, 3.05) is 24.7 Å². The minimum absolute atomic E-state index is 0.736. The van der Waals surface area contributed by atoms with Crippen molar-refractivity contribution in [3.05, 3.63) is 48.8 Å². The van der Waals surface area contributed by atoms with Crippen LogP contribution in [0.25, 0.3) is 16.7 Å². The van der Waals surface area contributed by atoms with Crippen molar-refractivity contribution in [3.8, 4) is 5.69 Å². The number of rotatable bonds is 2. The zero-order valence-corrected chi connectivity index (χ0v) is 11.0. The Bertz CT molecular complexity index is 728. The molecule has 0 aliphatic rings. The summed E-state index contributed by atoms with van der Waals surface area (Å²) in [5.74, 6) is 0. The number of benzene rings is 2. The van der Waals surface area contributed by atoms with Gasteiger partial charge < -0.3 is 10.6 Å². The molecule has 0 bridgehead atoms. The Labute approximate surface area is 112 Å². The number of hydrogen-bond acceptors (Lipinski definition) is 3. The highest BCUT2D eigenvalue weighted by atomic mass is 15.1. The molecule has 4 heteroatoms. The third-order valence-electron chi connectivity index (χ3n) is 3.20. The third kappa shape index (κ3) is 2.01. The van der Waals surface area contributed by atoms with Crippen molar-refractivity contribution in [3.63, 3.8) is 0 Å². The topological polar surface area (TPSA) is 47.1 Å². The van der Waals surface area contributed by atoms with Crippen LogP contribution < -0.4 is 10.6 Å². The van der Waals surface area contributed by atoms with Crippen molar-refractivity contribution in [1.82, 2.24) is 9.55 Å². The lowest BCUT2D eigenvalue weighted by Crippen LogP contribution is -2.08. The number of anilines is 2. The van der Waals surface area contributed by atoms with Crippen LogP contribution in [0.1, 0.15) is 0 Å². The molecule has 2 N–H and O–H groups in total. The summed E-state index contributed by atoms with van der Waals surface area (Å²) in [6, 6.07) is 14.1. The van der Waals surface area contributed by atoms with E-state index in [4.69, 9.17) is 5.73 Å². The summed E-state index contributed by atoms with van der Waals surface area (Å²) in [5, 5.41) is 0. The molecule has 0 saturated heterocycles. The molecule has 96 valence electrons. The largest absolute Gasteiger partial charge is 0.399 e. The average molecular weight is 252 g/mol. The van der Waals surface area contributed by atoms with E-state index in [9.17, 15) is 0 Å². The summed E-state index contributed by atoms with van der Waals surface area (Å²) in [6.45, 7) is 0. The second kappa shape index (κ2) is 4.31. The van der Waals surface area contributed by atoms with E-state index >= 15 is 0 Å². The first-order valence-corrected chi connectivity index (χ1v) is 6.15. The van der Waals surface area contributed by atoms with Crippen LogP contribution >= 0.6 is 0 Å². The highest BCUT2D eigenvalue weighted by Crippen LogP contribution is 2.22. The summed E-state index contributed by atoms with van der Waals surface area (Å²) >= 11 is 0. The monoisotopic (exact) mass is 252 g/mol. The quantitative estimate of drug-likeness (QED) is 0.713. The zero-order chi connectivity index (χ0) is 13.4. The number of imidazole rings is 1. The van der Waals surface area contributed by atoms with E-state index in [2.05, 4.69) is 32.7 Å². The van der Waals surface area contributed by atoms with Crippen LogP contribution in [-0.4, -0.2) is 23.6 Å². The van der Waals surface area contributed by atoms with Crippen LogP contribution in [0, 0.1) is 0 Å². The molecule has 0 radical (unpaired) electrons. The maximum Gasteiger partial charge on any atom is 0.100 e. The molecule has 1 heterocycles. The first-order chi connectivity index (χ1) is 9.15. The van der Waals surface area contributed by atoms with Crippen molar-refractivity contribution >= 4 is 22.4 Å². The zero-order valence-electron chi connectivity index (χ0n) is 11.0. The summed E-state index contributed by atoms with van der Waals surface area (Å²) in [6.07, 6.45) is 1.83. The second-order valence-electron chi connectivity index (χ2n) is 4.78. The molecule has 0 saturated carbocycles. The van der Waals surface area contributed by atoms with Gasteiger partial charge in [0.25, 0.3) is 0 Å². The number of nitrogens with zero attached hydrogens (tertiary/aromatic N) is 3. The lowest BCUT2D eigenvalue weighted by atomic mass is 10.2. The van der Waals surface area contributed by atoms with E-state index in [0.717, 1.165) is 28.1 Å². The Morgan fingerprint density at radius 2 is 1.95 bits per heavy atom. The molecule has 0 aliphatic carbocycles. The molecule has 2 aromatic carbocycles. The van der Waals surface area contributed by atoms with Crippen molar-refractivity contribution in [2.45, 2.75) is 0 Å². The van der Waals surface area contributed by atoms with Gasteiger partial charge in [0.15, 0.2) is 0 Å². The molecule has 1 aromatic heterocycles. The fraction of sp³-hybridized carbons (Fsp3) is 0.133. The first-order valence-electron chi connectivity index (χ1n) is 6.15. The van der Waals surface area contributed by atoms with Crippen LogP contribution in [0.4, 0.5) is 11.4 Å². The van der Waals surface area contributed by atoms with Gasteiger partial charge in [-0.3, -0.25) is 4.57 Å². The fourth-order valence-electron chi connectivity index (χ4n) is 2.16. The fourth-order valence-corrected chi connectivity index (χ4v) is 2.16. The number of hydrogen-bond donors (Lipinski definition) is 1. The molecule has 3 aromatic rings. The van der Waals surface area contributed by atoms with E-state index in [1.54, 1.807) is 0 Å². The molecule has 0 atom stereocenters. The Morgan fingerprint density at radius 3 is 2.74 bits per heavy atom. The van der Waals surface area contributed by atoms with Gasteiger partial charge in [-0.25, -0.2) is 4.98 Å². The van der Waals surface area contributed by atoms with Crippen LogP contribution in [0.3, 0.4) is 0 Å². The van der Waals surface area contributed by atoms with E-state index in [1.165, 1.54) is 0 Å². The van der Waals surface area contributed by atoms with Gasteiger partial charge in [0.1, 0.15) is 6.33 Å².